The van der Waals surface area contributed by atoms with Crippen molar-refractivity contribution in [2.45, 2.75) is 45.1 Å². The Morgan fingerprint density at radius 2 is 1.55 bits per heavy atom. The summed E-state index contributed by atoms with van der Waals surface area (Å²) < 4.78 is 65.2. The summed E-state index contributed by atoms with van der Waals surface area (Å²) in [4.78, 5) is 30.3. The second-order valence-corrected chi connectivity index (χ2v) is 6.35. The Balaban J connectivity index is 0.00000166. The highest BCUT2D eigenvalue weighted by atomic mass is 19.3. The van der Waals surface area contributed by atoms with Gasteiger partial charge in [0, 0.05) is 24.0 Å². The summed E-state index contributed by atoms with van der Waals surface area (Å²) in [5.41, 5.74) is 2.04. The summed E-state index contributed by atoms with van der Waals surface area (Å²) in [5, 5.41) is 2.88. The van der Waals surface area contributed by atoms with E-state index in [4.69, 9.17) is 0 Å². The number of benzene rings is 1. The number of anilines is 1. The van der Waals surface area contributed by atoms with Gasteiger partial charge in [-0.25, -0.2) is 23.1 Å². The van der Waals surface area contributed by atoms with Crippen molar-refractivity contribution in [2.75, 3.05) is 5.32 Å². The molecule has 7 nitrogen and oxygen atoms in total. The Hall–Kier alpha value is -3.31. The molecule has 0 radical (unpaired) electrons. The number of aromatic nitrogens is 2. The zero-order chi connectivity index (χ0) is 23.2. The lowest BCUT2D eigenvalue weighted by Crippen LogP contribution is -2.44. The molecular weight excluding hydrogens is 425 g/mol. The number of nitrogens with one attached hydrogen (secondary N) is 3. The number of hydrogen-bond donors (Lipinski definition) is 3. The van der Waals surface area contributed by atoms with E-state index in [0.29, 0.717) is 25.3 Å². The average Bonchev–Trinajstić information content (AvgIpc) is 2.73. The maximum absolute atomic E-state index is 14.2. The molecule has 0 spiro atoms. The second-order valence-electron chi connectivity index (χ2n) is 6.35. The van der Waals surface area contributed by atoms with Crippen LogP contribution < -0.4 is 16.2 Å². The SMILES string of the molecule is CC.O=C(NNC(=O)C(F)F)c1cnc(NC2(c3cc(F)c(F)cc3F)CCC2)nc1. The summed E-state index contributed by atoms with van der Waals surface area (Å²) in [5.74, 6) is -6.03. The van der Waals surface area contributed by atoms with Crippen LogP contribution in [0.25, 0.3) is 0 Å². The van der Waals surface area contributed by atoms with Gasteiger partial charge in [0.05, 0.1) is 11.1 Å². The van der Waals surface area contributed by atoms with Crippen LogP contribution in [-0.2, 0) is 10.3 Å². The fraction of sp³-hybridized carbons (Fsp3) is 0.368. The predicted octanol–water partition coefficient (Wildman–Crippen LogP) is 3.44. The second kappa shape index (κ2) is 10.1. The molecule has 1 heterocycles. The van der Waals surface area contributed by atoms with Crippen molar-refractivity contribution in [3.8, 4) is 0 Å². The molecule has 0 aliphatic heterocycles. The summed E-state index contributed by atoms with van der Waals surface area (Å²) in [6, 6.07) is 1.25. The highest BCUT2D eigenvalue weighted by Crippen LogP contribution is 2.44. The van der Waals surface area contributed by atoms with Crippen molar-refractivity contribution >= 4 is 17.8 Å². The van der Waals surface area contributed by atoms with Crippen LogP contribution in [0.15, 0.2) is 24.5 Å². The highest BCUT2D eigenvalue weighted by molar-refractivity contribution is 5.95. The van der Waals surface area contributed by atoms with E-state index < -0.39 is 41.2 Å². The Kier molecular flexibility index (Phi) is 7.83. The van der Waals surface area contributed by atoms with Gasteiger partial charge < -0.3 is 5.32 Å². The van der Waals surface area contributed by atoms with Gasteiger partial charge in [-0.2, -0.15) is 8.78 Å². The van der Waals surface area contributed by atoms with Gasteiger partial charge >= 0.3 is 12.3 Å². The van der Waals surface area contributed by atoms with Crippen LogP contribution in [-0.4, -0.2) is 28.2 Å². The fourth-order valence-electron chi connectivity index (χ4n) is 2.85. The van der Waals surface area contributed by atoms with Crippen molar-refractivity contribution in [3.63, 3.8) is 0 Å². The van der Waals surface area contributed by atoms with Gasteiger partial charge in [-0.05, 0) is 25.3 Å². The maximum Gasteiger partial charge on any atom is 0.317 e. The minimum Gasteiger partial charge on any atom is -0.345 e. The smallest absolute Gasteiger partial charge is 0.317 e. The van der Waals surface area contributed by atoms with Crippen LogP contribution in [0.4, 0.5) is 27.9 Å². The molecule has 0 bridgehead atoms. The molecule has 1 saturated carbocycles. The first-order chi connectivity index (χ1) is 14.7. The van der Waals surface area contributed by atoms with Crippen LogP contribution in [0.2, 0.25) is 0 Å². The van der Waals surface area contributed by atoms with Crippen molar-refractivity contribution in [1.82, 2.24) is 20.8 Å². The van der Waals surface area contributed by atoms with Gasteiger partial charge in [0.15, 0.2) is 11.6 Å². The summed E-state index contributed by atoms with van der Waals surface area (Å²) in [6.07, 6.45) is 0.338. The van der Waals surface area contributed by atoms with E-state index >= 15 is 0 Å². The minimum atomic E-state index is -3.30. The van der Waals surface area contributed by atoms with E-state index in [1.54, 1.807) is 5.43 Å². The van der Waals surface area contributed by atoms with E-state index in [0.717, 1.165) is 18.5 Å². The normalized spacial score (nSPS) is 14.1. The number of nitrogens with zero attached hydrogens (tertiary/aromatic N) is 2. The zero-order valence-electron chi connectivity index (χ0n) is 16.6. The summed E-state index contributed by atoms with van der Waals surface area (Å²) >= 11 is 0. The molecule has 1 aliphatic rings. The molecule has 2 amide bonds. The molecule has 2 aromatic rings. The molecule has 1 aliphatic carbocycles. The lowest BCUT2D eigenvalue weighted by Gasteiger charge is -2.43. The first-order valence-corrected chi connectivity index (χ1v) is 9.35. The average molecular weight is 445 g/mol. The molecule has 1 fully saturated rings. The Morgan fingerprint density at radius 3 is 2.06 bits per heavy atom. The topological polar surface area (TPSA) is 96.0 Å². The van der Waals surface area contributed by atoms with Crippen LogP contribution in [0.3, 0.4) is 0 Å². The third-order valence-electron chi connectivity index (χ3n) is 4.50. The molecule has 3 N–H and O–H groups in total. The highest BCUT2D eigenvalue weighted by Gasteiger charge is 2.42. The predicted molar refractivity (Wildman–Crippen MR) is 100 cm³/mol. The zero-order valence-corrected chi connectivity index (χ0v) is 16.6. The summed E-state index contributed by atoms with van der Waals surface area (Å²) in [6.45, 7) is 4.00. The molecule has 1 aromatic heterocycles. The van der Waals surface area contributed by atoms with E-state index in [2.05, 4.69) is 15.3 Å². The van der Waals surface area contributed by atoms with Gasteiger partial charge in [0.2, 0.25) is 5.95 Å². The van der Waals surface area contributed by atoms with Gasteiger partial charge in [-0.3, -0.25) is 20.4 Å². The quantitative estimate of drug-likeness (QED) is 0.372. The van der Waals surface area contributed by atoms with Crippen molar-refractivity contribution in [3.05, 3.63) is 53.1 Å². The molecule has 0 unspecified atom stereocenters. The lowest BCUT2D eigenvalue weighted by atomic mass is 9.71. The van der Waals surface area contributed by atoms with Gasteiger partial charge in [0.25, 0.3) is 5.91 Å². The van der Waals surface area contributed by atoms with E-state index in [1.165, 1.54) is 5.43 Å². The van der Waals surface area contributed by atoms with E-state index in [1.807, 2.05) is 13.8 Å². The minimum absolute atomic E-state index is 0.0120. The number of amides is 2. The number of carbonyl (C=O) groups is 2. The van der Waals surface area contributed by atoms with E-state index in [-0.39, 0.29) is 17.1 Å². The molecule has 12 heteroatoms. The first kappa shape index (κ1) is 24.0. The van der Waals surface area contributed by atoms with E-state index in [9.17, 15) is 31.5 Å². The molecule has 0 atom stereocenters. The molecular formula is C19H20F5N5O2. The van der Waals surface area contributed by atoms with Gasteiger partial charge in [0.1, 0.15) is 5.82 Å². The largest absolute Gasteiger partial charge is 0.345 e. The lowest BCUT2D eigenvalue weighted by molar-refractivity contribution is -0.132. The molecule has 3 rings (SSSR count). The van der Waals surface area contributed by atoms with Crippen LogP contribution >= 0.6 is 0 Å². The fourth-order valence-corrected chi connectivity index (χ4v) is 2.85. The molecule has 168 valence electrons. The third kappa shape index (κ3) is 5.44. The van der Waals surface area contributed by atoms with Gasteiger partial charge in [-0.1, -0.05) is 13.8 Å². The maximum atomic E-state index is 14.2. The van der Waals surface area contributed by atoms with Crippen LogP contribution in [0.5, 0.6) is 0 Å². The third-order valence-corrected chi connectivity index (χ3v) is 4.50. The first-order valence-electron chi connectivity index (χ1n) is 9.35. The molecule has 0 saturated heterocycles. The number of halogens is 5. The number of hydrazine groups is 1. The number of alkyl halides is 2. The Labute approximate surface area is 174 Å². The Bertz CT molecular complexity index is 936. The number of carbonyl (C=O) groups excluding carboxylic acids is 2. The molecule has 31 heavy (non-hydrogen) atoms. The van der Waals surface area contributed by atoms with Crippen molar-refractivity contribution in [2.24, 2.45) is 0 Å². The number of hydrogen-bond acceptors (Lipinski definition) is 5. The Morgan fingerprint density at radius 1 is 0.968 bits per heavy atom. The van der Waals surface area contributed by atoms with Crippen molar-refractivity contribution in [1.29, 1.82) is 0 Å². The standard InChI is InChI=1S/C17H14F5N5O2.C2H6/c18-10-5-12(20)11(19)4-9(10)17(2-1-3-17)25-16-23-6-8(7-24-16)14(28)26-27-15(29)13(21)22;1-2/h4-7,13H,1-3H2,(H,26,28)(H,27,29)(H,23,24,25);1-2H3. The monoisotopic (exact) mass is 445 g/mol. The van der Waals surface area contributed by atoms with Gasteiger partial charge in [-0.15, -0.1) is 0 Å². The van der Waals surface area contributed by atoms with Crippen molar-refractivity contribution < 1.29 is 31.5 Å². The van der Waals surface area contributed by atoms with Crippen LogP contribution in [0.1, 0.15) is 49.0 Å². The van der Waals surface area contributed by atoms with Crippen LogP contribution in [0, 0.1) is 17.5 Å². The molecule has 1 aromatic carbocycles. The summed E-state index contributed by atoms with van der Waals surface area (Å²) in [7, 11) is 0. The number of rotatable bonds is 5.